The number of anilines is 4. The minimum Gasteiger partial charge on any atom is -0.352 e. The number of aromatic nitrogens is 3. The van der Waals surface area contributed by atoms with Crippen LogP contribution in [0.25, 0.3) is 0 Å². The number of pyridine rings is 1. The molecule has 11 heteroatoms. The molecule has 5 rings (SSSR count). The number of nitrogens with zero attached hydrogens (tertiary/aromatic N) is 6. The molecule has 3 aromatic rings. The molecule has 34 heavy (non-hydrogen) atoms. The van der Waals surface area contributed by atoms with Crippen molar-refractivity contribution in [3.63, 3.8) is 0 Å². The van der Waals surface area contributed by atoms with E-state index in [1.165, 1.54) is 11.2 Å². The summed E-state index contributed by atoms with van der Waals surface area (Å²) < 4.78 is 28.0. The molecule has 176 valence electrons. The number of carbonyl (C=O) groups excluding carboxylic acids is 1. The molecule has 2 aromatic heterocycles. The summed E-state index contributed by atoms with van der Waals surface area (Å²) in [5.41, 5.74) is 1.69. The normalized spacial score (nSPS) is 16.4. The van der Waals surface area contributed by atoms with Crippen LogP contribution >= 0.6 is 0 Å². The summed E-state index contributed by atoms with van der Waals surface area (Å²) in [4.78, 5) is 20.0. The van der Waals surface area contributed by atoms with Gasteiger partial charge in [0.25, 0.3) is 0 Å². The molecule has 0 spiro atoms. The first kappa shape index (κ1) is 22.2. The minimum atomic E-state index is -3.62. The molecule has 4 heterocycles. The topological polar surface area (TPSA) is 112 Å². The Hall–Kier alpha value is -3.57. The largest absolute Gasteiger partial charge is 0.352 e. The molecule has 0 bridgehead atoms. The van der Waals surface area contributed by atoms with Gasteiger partial charge in [0.15, 0.2) is 11.6 Å². The molecular weight excluding hydrogens is 454 g/mol. The number of amides is 1. The number of rotatable bonds is 5. The number of carbonyl (C=O) groups is 1. The third-order valence-corrected chi connectivity index (χ3v) is 7.99. The molecule has 1 N–H and O–H groups in total. The van der Waals surface area contributed by atoms with Crippen LogP contribution in [-0.4, -0.2) is 66.5 Å². The van der Waals surface area contributed by atoms with Crippen molar-refractivity contribution in [3.8, 4) is 0 Å². The summed E-state index contributed by atoms with van der Waals surface area (Å²) in [6.07, 6.45) is 2.36. The lowest BCUT2D eigenvalue weighted by atomic mass is 10.2. The van der Waals surface area contributed by atoms with Gasteiger partial charge in [0.05, 0.1) is 4.90 Å². The highest BCUT2D eigenvalue weighted by Crippen LogP contribution is 2.31. The molecule has 0 unspecified atom stereocenters. The first-order valence-corrected chi connectivity index (χ1v) is 12.5. The molecule has 2 aliphatic heterocycles. The second-order valence-corrected chi connectivity index (χ2v) is 10.2. The molecule has 1 saturated heterocycles. The van der Waals surface area contributed by atoms with Crippen LogP contribution in [0.5, 0.6) is 0 Å². The predicted molar refractivity (Wildman–Crippen MR) is 129 cm³/mol. The van der Waals surface area contributed by atoms with Gasteiger partial charge in [-0.05, 0) is 54.4 Å². The molecule has 0 atom stereocenters. The number of nitrogens with one attached hydrogen (secondary N) is 1. The molecular formula is C23H25N7O3S. The lowest BCUT2D eigenvalue weighted by Gasteiger charge is -2.34. The molecule has 10 nitrogen and oxygen atoms in total. The highest BCUT2D eigenvalue weighted by Gasteiger charge is 2.31. The van der Waals surface area contributed by atoms with Crippen LogP contribution in [0, 0.1) is 0 Å². The Morgan fingerprint density at radius 2 is 1.76 bits per heavy atom. The van der Waals surface area contributed by atoms with Gasteiger partial charge in [0.1, 0.15) is 5.82 Å². The van der Waals surface area contributed by atoms with Crippen molar-refractivity contribution in [2.45, 2.75) is 18.2 Å². The zero-order valence-corrected chi connectivity index (χ0v) is 19.6. The Morgan fingerprint density at radius 3 is 2.44 bits per heavy atom. The molecule has 1 aromatic carbocycles. The zero-order chi connectivity index (χ0) is 23.7. The van der Waals surface area contributed by atoms with E-state index in [-0.39, 0.29) is 10.8 Å². The van der Waals surface area contributed by atoms with Crippen molar-refractivity contribution in [3.05, 3.63) is 60.3 Å². The van der Waals surface area contributed by atoms with Crippen molar-refractivity contribution in [2.75, 3.05) is 47.8 Å². The fourth-order valence-corrected chi connectivity index (χ4v) is 5.77. The Morgan fingerprint density at radius 1 is 0.941 bits per heavy atom. The van der Waals surface area contributed by atoms with Crippen molar-refractivity contribution >= 4 is 39.1 Å². The highest BCUT2D eigenvalue weighted by molar-refractivity contribution is 7.89. The van der Waals surface area contributed by atoms with Crippen molar-refractivity contribution in [1.29, 1.82) is 0 Å². The zero-order valence-electron chi connectivity index (χ0n) is 18.8. The fourth-order valence-electron chi connectivity index (χ4n) is 4.30. The predicted octanol–water partition coefficient (Wildman–Crippen LogP) is 2.04. The minimum absolute atomic E-state index is 0.0332. The van der Waals surface area contributed by atoms with Crippen molar-refractivity contribution in [1.82, 2.24) is 19.5 Å². The Kier molecular flexibility index (Phi) is 5.88. The first-order valence-electron chi connectivity index (χ1n) is 11.1. The van der Waals surface area contributed by atoms with E-state index in [9.17, 15) is 13.2 Å². The summed E-state index contributed by atoms with van der Waals surface area (Å²) in [6, 6.07) is 14.3. The number of sulfonamides is 1. The number of piperazine rings is 1. The van der Waals surface area contributed by atoms with Crippen LogP contribution in [0.15, 0.2) is 59.6 Å². The highest BCUT2D eigenvalue weighted by atomic mass is 32.2. The van der Waals surface area contributed by atoms with Gasteiger partial charge >= 0.3 is 0 Å². The number of benzene rings is 1. The maximum absolute atomic E-state index is 13.2. The summed E-state index contributed by atoms with van der Waals surface area (Å²) in [7, 11) is -3.62. The van der Waals surface area contributed by atoms with E-state index >= 15 is 0 Å². The van der Waals surface area contributed by atoms with Crippen LogP contribution in [0.4, 0.5) is 23.1 Å². The van der Waals surface area contributed by atoms with Crippen molar-refractivity contribution in [2.24, 2.45) is 0 Å². The molecule has 0 radical (unpaired) electrons. The number of hydrogen-bond acceptors (Lipinski definition) is 8. The van der Waals surface area contributed by atoms with Gasteiger partial charge in [-0.25, -0.2) is 13.4 Å². The lowest BCUT2D eigenvalue weighted by molar-refractivity contribution is -0.116. The van der Waals surface area contributed by atoms with E-state index in [1.807, 2.05) is 35.2 Å². The Bertz CT molecular complexity index is 1290. The van der Waals surface area contributed by atoms with Gasteiger partial charge < -0.3 is 15.1 Å². The third-order valence-electron chi connectivity index (χ3n) is 6.10. The quantitative estimate of drug-likeness (QED) is 0.592. The second kappa shape index (κ2) is 8.99. The van der Waals surface area contributed by atoms with E-state index in [1.54, 1.807) is 29.3 Å². The average molecular weight is 480 g/mol. The van der Waals surface area contributed by atoms with E-state index in [2.05, 4.69) is 20.5 Å². The van der Waals surface area contributed by atoms with Crippen LogP contribution in [0.1, 0.15) is 12.5 Å². The van der Waals surface area contributed by atoms with Gasteiger partial charge in [-0.2, -0.15) is 4.31 Å². The monoisotopic (exact) mass is 479 g/mol. The van der Waals surface area contributed by atoms with E-state index in [0.29, 0.717) is 56.6 Å². The maximum Gasteiger partial charge on any atom is 0.243 e. The van der Waals surface area contributed by atoms with Crippen LogP contribution in [0.3, 0.4) is 0 Å². The van der Waals surface area contributed by atoms with Gasteiger partial charge in [-0.1, -0.05) is 6.07 Å². The summed E-state index contributed by atoms with van der Waals surface area (Å²) in [5.74, 6) is 1.94. The first-order chi connectivity index (χ1) is 16.4. The number of fused-ring (bicyclic) bond motifs is 1. The van der Waals surface area contributed by atoms with E-state index < -0.39 is 10.0 Å². The smallest absolute Gasteiger partial charge is 0.243 e. The SMILES string of the molecule is CC(=O)N1CCc2cc(S(=O)(=O)N3CCN(c4ccc(Nc5ccccn5)nn4)CC3)ccc21. The molecule has 1 fully saturated rings. The van der Waals surface area contributed by atoms with Crippen LogP contribution < -0.4 is 15.1 Å². The standard InChI is InChI=1S/C23H25N7O3S/c1-17(31)30-11-9-18-16-19(5-6-20(18)30)34(32,33)29-14-12-28(13-15-29)23-8-7-22(26-27-23)25-21-4-2-3-10-24-21/h2-8,10,16H,9,11-15H2,1H3,(H,24,25,26). The third kappa shape index (κ3) is 4.31. The Labute approximate surface area is 198 Å². The fraction of sp³-hybridized carbons (Fsp3) is 0.304. The molecule has 2 aliphatic rings. The van der Waals surface area contributed by atoms with Crippen LogP contribution in [-0.2, 0) is 21.2 Å². The average Bonchev–Trinajstić information content (AvgIpc) is 3.29. The molecule has 0 saturated carbocycles. The Balaban J connectivity index is 1.23. The number of hydrogen-bond donors (Lipinski definition) is 1. The van der Waals surface area contributed by atoms with Gasteiger partial charge in [0.2, 0.25) is 15.9 Å². The van der Waals surface area contributed by atoms with Crippen LogP contribution in [0.2, 0.25) is 0 Å². The summed E-state index contributed by atoms with van der Waals surface area (Å²) in [6.45, 7) is 3.86. The second-order valence-electron chi connectivity index (χ2n) is 8.22. The van der Waals surface area contributed by atoms with Gasteiger partial charge in [0, 0.05) is 51.5 Å². The van der Waals surface area contributed by atoms with E-state index in [4.69, 9.17) is 0 Å². The van der Waals surface area contributed by atoms with E-state index in [0.717, 1.165) is 11.3 Å². The van der Waals surface area contributed by atoms with Crippen molar-refractivity contribution < 1.29 is 13.2 Å². The van der Waals surface area contributed by atoms with Gasteiger partial charge in [-0.15, -0.1) is 10.2 Å². The summed E-state index contributed by atoms with van der Waals surface area (Å²) >= 11 is 0. The van der Waals surface area contributed by atoms with Gasteiger partial charge in [-0.3, -0.25) is 4.79 Å². The lowest BCUT2D eigenvalue weighted by Crippen LogP contribution is -2.49. The molecule has 0 aliphatic carbocycles. The maximum atomic E-state index is 13.2. The molecule has 1 amide bonds. The summed E-state index contributed by atoms with van der Waals surface area (Å²) in [5, 5.41) is 11.6.